The van der Waals surface area contributed by atoms with E-state index in [2.05, 4.69) is 10.5 Å². The van der Waals surface area contributed by atoms with Gasteiger partial charge in [0.15, 0.2) is 5.82 Å². The molecule has 7 heteroatoms. The zero-order valence-electron chi connectivity index (χ0n) is 14.8. The van der Waals surface area contributed by atoms with E-state index in [1.54, 1.807) is 44.2 Å². The van der Waals surface area contributed by atoms with E-state index in [4.69, 9.17) is 4.52 Å². The molecule has 1 aromatic heterocycles. The third kappa shape index (κ3) is 4.95. The van der Waals surface area contributed by atoms with E-state index in [9.17, 15) is 13.6 Å². The molecule has 0 fully saturated rings. The zero-order valence-corrected chi connectivity index (χ0v) is 15.6. The van der Waals surface area contributed by atoms with Crippen LogP contribution >= 0.6 is 11.8 Å². The third-order valence-electron chi connectivity index (χ3n) is 3.93. The van der Waals surface area contributed by atoms with Crippen LogP contribution in [0.2, 0.25) is 0 Å². The van der Waals surface area contributed by atoms with Crippen molar-refractivity contribution < 1.29 is 18.1 Å². The number of hydrogen-bond acceptors (Lipinski definition) is 4. The number of nitrogens with one attached hydrogen (secondary N) is 1. The molecule has 0 aliphatic heterocycles. The molecule has 27 heavy (non-hydrogen) atoms. The number of benzene rings is 2. The van der Waals surface area contributed by atoms with Gasteiger partial charge < -0.3 is 9.84 Å². The average Bonchev–Trinajstić information content (AvgIpc) is 3.06. The molecule has 2 aromatic carbocycles. The fourth-order valence-electron chi connectivity index (χ4n) is 2.54. The first-order chi connectivity index (χ1) is 12.9. The molecule has 1 heterocycles. The summed E-state index contributed by atoms with van der Waals surface area (Å²) in [6.45, 7) is 3.51. The number of nitrogens with zero attached hydrogens (tertiary/aromatic N) is 1. The first-order valence-corrected chi connectivity index (χ1v) is 9.27. The molecule has 1 N–H and O–H groups in total. The van der Waals surface area contributed by atoms with Gasteiger partial charge in [0.1, 0.15) is 17.4 Å². The van der Waals surface area contributed by atoms with Crippen molar-refractivity contribution in [2.45, 2.75) is 24.3 Å². The molecule has 0 aliphatic carbocycles. The van der Waals surface area contributed by atoms with Crippen LogP contribution in [0.25, 0.3) is 0 Å². The van der Waals surface area contributed by atoms with Gasteiger partial charge in [-0.15, -0.1) is 11.8 Å². The number of carbonyl (C=O) groups is 1. The van der Waals surface area contributed by atoms with Gasteiger partial charge in [0.2, 0.25) is 5.91 Å². The smallest absolute Gasteiger partial charge is 0.238 e. The van der Waals surface area contributed by atoms with Crippen molar-refractivity contribution in [1.82, 2.24) is 5.16 Å². The Labute approximate surface area is 160 Å². The van der Waals surface area contributed by atoms with Crippen LogP contribution in [0.1, 0.15) is 29.1 Å². The van der Waals surface area contributed by atoms with Crippen molar-refractivity contribution in [1.29, 1.82) is 0 Å². The van der Waals surface area contributed by atoms with Crippen molar-refractivity contribution >= 4 is 23.5 Å². The Morgan fingerprint density at radius 1 is 1.04 bits per heavy atom. The van der Waals surface area contributed by atoms with Crippen LogP contribution in [0.4, 0.5) is 14.6 Å². The largest absolute Gasteiger partial charge is 0.360 e. The van der Waals surface area contributed by atoms with Gasteiger partial charge in [0, 0.05) is 6.07 Å². The maximum absolute atomic E-state index is 13.3. The van der Waals surface area contributed by atoms with E-state index < -0.39 is 5.25 Å². The van der Waals surface area contributed by atoms with E-state index in [1.807, 2.05) is 0 Å². The van der Waals surface area contributed by atoms with Crippen LogP contribution in [0.15, 0.2) is 59.1 Å². The minimum Gasteiger partial charge on any atom is -0.360 e. The summed E-state index contributed by atoms with van der Waals surface area (Å²) in [5.41, 5.74) is 1.65. The minimum absolute atomic E-state index is 0.234. The standard InChI is InChI=1S/C20H18F2N2O2S/c1-12-11-18(24-26-12)23-20(25)13(2)27-19(14-3-7-16(21)8-4-14)15-5-9-17(22)10-6-15/h3-11,13,19H,1-2H3,(H,23,24,25). The maximum atomic E-state index is 13.3. The number of amides is 1. The normalized spacial score (nSPS) is 12.2. The lowest BCUT2D eigenvalue weighted by Crippen LogP contribution is -2.23. The Hall–Kier alpha value is -2.67. The highest BCUT2D eigenvalue weighted by molar-refractivity contribution is 8.01. The highest BCUT2D eigenvalue weighted by Gasteiger charge is 2.23. The average molecular weight is 388 g/mol. The van der Waals surface area contributed by atoms with Gasteiger partial charge in [-0.3, -0.25) is 4.79 Å². The van der Waals surface area contributed by atoms with Crippen LogP contribution in [0.3, 0.4) is 0 Å². The highest BCUT2D eigenvalue weighted by atomic mass is 32.2. The summed E-state index contributed by atoms with van der Waals surface area (Å²) >= 11 is 1.38. The fourth-order valence-corrected chi connectivity index (χ4v) is 3.76. The van der Waals surface area contributed by atoms with Crippen LogP contribution in [-0.4, -0.2) is 16.3 Å². The zero-order chi connectivity index (χ0) is 19.4. The third-order valence-corrected chi connectivity index (χ3v) is 5.37. The molecule has 1 amide bonds. The van der Waals surface area contributed by atoms with Crippen LogP contribution in [-0.2, 0) is 4.79 Å². The summed E-state index contributed by atoms with van der Waals surface area (Å²) in [5, 5.41) is 5.76. The first-order valence-electron chi connectivity index (χ1n) is 8.33. The number of carbonyl (C=O) groups excluding carboxylic acids is 1. The minimum atomic E-state index is -0.442. The molecule has 3 rings (SSSR count). The van der Waals surface area contributed by atoms with E-state index in [1.165, 1.54) is 36.0 Å². The molecular weight excluding hydrogens is 370 g/mol. The van der Waals surface area contributed by atoms with Crippen LogP contribution < -0.4 is 5.32 Å². The van der Waals surface area contributed by atoms with Crippen LogP contribution in [0, 0.1) is 18.6 Å². The van der Waals surface area contributed by atoms with E-state index >= 15 is 0 Å². The summed E-state index contributed by atoms with van der Waals surface area (Å²) in [5.74, 6) is 0.0382. The van der Waals surface area contributed by atoms with Crippen molar-refractivity contribution in [2.75, 3.05) is 5.32 Å². The number of anilines is 1. The molecular formula is C20H18F2N2O2S. The number of halogens is 2. The second-order valence-corrected chi connectivity index (χ2v) is 7.52. The van der Waals surface area contributed by atoms with Crippen molar-refractivity contribution in [3.05, 3.63) is 83.1 Å². The summed E-state index contributed by atoms with van der Waals surface area (Å²) in [6, 6.07) is 13.8. The molecule has 140 valence electrons. The second-order valence-electron chi connectivity index (χ2n) is 6.07. The quantitative estimate of drug-likeness (QED) is 0.637. The molecule has 1 unspecified atom stereocenters. The summed E-state index contributed by atoms with van der Waals surface area (Å²) in [7, 11) is 0. The number of thioether (sulfide) groups is 1. The molecule has 3 aromatic rings. The van der Waals surface area contributed by atoms with Gasteiger partial charge in [0.25, 0.3) is 0 Å². The van der Waals surface area contributed by atoms with E-state index in [0.29, 0.717) is 11.6 Å². The van der Waals surface area contributed by atoms with Crippen molar-refractivity contribution in [3.8, 4) is 0 Å². The monoisotopic (exact) mass is 388 g/mol. The predicted octanol–water partition coefficient (Wildman–Crippen LogP) is 5.11. The number of rotatable bonds is 6. The van der Waals surface area contributed by atoms with Gasteiger partial charge >= 0.3 is 0 Å². The van der Waals surface area contributed by atoms with E-state index in [-0.39, 0.29) is 22.8 Å². The number of aryl methyl sites for hydroxylation is 1. The second kappa shape index (κ2) is 8.35. The first kappa shape index (κ1) is 19.1. The van der Waals surface area contributed by atoms with Crippen molar-refractivity contribution in [2.24, 2.45) is 0 Å². The SMILES string of the molecule is Cc1cc(NC(=O)C(C)SC(c2ccc(F)cc2)c2ccc(F)cc2)no1. The van der Waals surface area contributed by atoms with Crippen molar-refractivity contribution in [3.63, 3.8) is 0 Å². The topological polar surface area (TPSA) is 55.1 Å². The Kier molecular flexibility index (Phi) is 5.91. The number of hydrogen-bond donors (Lipinski definition) is 1. The summed E-state index contributed by atoms with van der Waals surface area (Å²) in [6.07, 6.45) is 0. The molecule has 0 spiro atoms. The molecule has 0 saturated carbocycles. The fraction of sp³-hybridized carbons (Fsp3) is 0.200. The Bertz CT molecular complexity index is 865. The van der Waals surface area contributed by atoms with Gasteiger partial charge in [0.05, 0.1) is 10.5 Å². The maximum Gasteiger partial charge on any atom is 0.238 e. The Balaban J connectivity index is 1.80. The number of aromatic nitrogens is 1. The molecule has 0 aliphatic rings. The summed E-state index contributed by atoms with van der Waals surface area (Å²) < 4.78 is 31.6. The molecule has 4 nitrogen and oxygen atoms in total. The molecule has 0 saturated heterocycles. The lowest BCUT2D eigenvalue weighted by Gasteiger charge is -2.21. The Morgan fingerprint density at radius 2 is 1.56 bits per heavy atom. The van der Waals surface area contributed by atoms with Gasteiger partial charge in [-0.2, -0.15) is 0 Å². The van der Waals surface area contributed by atoms with Crippen LogP contribution in [0.5, 0.6) is 0 Å². The van der Waals surface area contributed by atoms with Gasteiger partial charge in [-0.05, 0) is 49.2 Å². The van der Waals surface area contributed by atoms with Gasteiger partial charge in [-0.25, -0.2) is 8.78 Å². The Morgan fingerprint density at radius 3 is 2.00 bits per heavy atom. The highest BCUT2D eigenvalue weighted by Crippen LogP contribution is 2.38. The molecule has 1 atom stereocenters. The molecule has 0 bridgehead atoms. The lowest BCUT2D eigenvalue weighted by atomic mass is 10.0. The van der Waals surface area contributed by atoms with E-state index in [0.717, 1.165) is 11.1 Å². The molecule has 0 radical (unpaired) electrons. The predicted molar refractivity (Wildman–Crippen MR) is 102 cm³/mol. The lowest BCUT2D eigenvalue weighted by molar-refractivity contribution is -0.115. The summed E-state index contributed by atoms with van der Waals surface area (Å²) in [4.78, 5) is 12.5. The van der Waals surface area contributed by atoms with Gasteiger partial charge in [-0.1, -0.05) is 29.4 Å².